The number of hydrogen-bond donors (Lipinski definition) is 1. The van der Waals surface area contributed by atoms with Crippen molar-refractivity contribution >= 4 is 38.9 Å². The summed E-state index contributed by atoms with van der Waals surface area (Å²) in [5.41, 5.74) is 0. The lowest BCUT2D eigenvalue weighted by Gasteiger charge is -2.09. The molecular formula is C11H14ClNO4S2. The minimum Gasteiger partial charge on any atom is -0.378 e. The molecule has 1 aliphatic heterocycles. The zero-order chi connectivity index (χ0) is 13.9. The van der Waals surface area contributed by atoms with Gasteiger partial charge in [0.1, 0.15) is 4.21 Å². The molecule has 1 aromatic heterocycles. The third kappa shape index (κ3) is 4.17. The molecule has 0 radical (unpaired) electrons. The topological polar surface area (TPSA) is 72.5 Å². The Kier molecular flexibility index (Phi) is 4.83. The van der Waals surface area contributed by atoms with Gasteiger partial charge in [0.15, 0.2) is 0 Å². The summed E-state index contributed by atoms with van der Waals surface area (Å²) in [5, 5.41) is 0. The molecule has 0 spiro atoms. The molecule has 2 rings (SSSR count). The van der Waals surface area contributed by atoms with Gasteiger partial charge in [-0.15, -0.1) is 11.3 Å². The van der Waals surface area contributed by atoms with Gasteiger partial charge in [0.25, 0.3) is 10.0 Å². The first-order valence-corrected chi connectivity index (χ1v) is 8.58. The second kappa shape index (κ2) is 6.21. The number of rotatable bonds is 5. The van der Waals surface area contributed by atoms with Gasteiger partial charge < -0.3 is 4.74 Å². The van der Waals surface area contributed by atoms with Crippen molar-refractivity contribution < 1.29 is 17.9 Å². The lowest BCUT2D eigenvalue weighted by Crippen LogP contribution is -2.30. The normalized spacial score (nSPS) is 19.5. The van der Waals surface area contributed by atoms with Gasteiger partial charge in [0, 0.05) is 13.0 Å². The van der Waals surface area contributed by atoms with Gasteiger partial charge >= 0.3 is 0 Å². The van der Waals surface area contributed by atoms with Gasteiger partial charge in [-0.25, -0.2) is 13.1 Å². The highest BCUT2D eigenvalue weighted by Crippen LogP contribution is 2.25. The maximum Gasteiger partial charge on any atom is 0.273 e. The van der Waals surface area contributed by atoms with Crippen LogP contribution in [0.1, 0.15) is 25.7 Å². The highest BCUT2D eigenvalue weighted by molar-refractivity contribution is 7.92. The van der Waals surface area contributed by atoms with E-state index in [1.807, 2.05) is 4.72 Å². The van der Waals surface area contributed by atoms with Crippen molar-refractivity contribution in [1.82, 2.24) is 4.72 Å². The third-order valence-electron chi connectivity index (χ3n) is 2.78. The van der Waals surface area contributed by atoms with Crippen LogP contribution in [0.2, 0.25) is 4.34 Å². The van der Waals surface area contributed by atoms with Crippen LogP contribution in [0.3, 0.4) is 0 Å². The molecule has 8 heteroatoms. The largest absolute Gasteiger partial charge is 0.378 e. The number of ether oxygens (including phenoxy) is 1. The Morgan fingerprint density at radius 1 is 1.53 bits per heavy atom. The van der Waals surface area contributed by atoms with Gasteiger partial charge in [0.05, 0.1) is 10.4 Å². The van der Waals surface area contributed by atoms with Gasteiger partial charge in [-0.3, -0.25) is 4.79 Å². The number of hydrogen-bond acceptors (Lipinski definition) is 5. The van der Waals surface area contributed by atoms with E-state index in [4.69, 9.17) is 16.3 Å². The number of halogens is 1. The summed E-state index contributed by atoms with van der Waals surface area (Å²) >= 11 is 6.59. The molecule has 5 nitrogen and oxygen atoms in total. The van der Waals surface area contributed by atoms with Crippen molar-refractivity contribution in [3.63, 3.8) is 0 Å². The van der Waals surface area contributed by atoms with Crippen molar-refractivity contribution in [2.24, 2.45) is 0 Å². The van der Waals surface area contributed by atoms with Crippen LogP contribution in [0.25, 0.3) is 0 Å². The number of amides is 1. The van der Waals surface area contributed by atoms with Gasteiger partial charge in [-0.1, -0.05) is 11.6 Å². The van der Waals surface area contributed by atoms with Crippen molar-refractivity contribution in [2.45, 2.75) is 36.0 Å². The first-order chi connectivity index (χ1) is 8.97. The quantitative estimate of drug-likeness (QED) is 0.901. The summed E-state index contributed by atoms with van der Waals surface area (Å²) in [4.78, 5) is 11.6. The smallest absolute Gasteiger partial charge is 0.273 e. The van der Waals surface area contributed by atoms with Crippen LogP contribution >= 0.6 is 22.9 Å². The number of carbonyl (C=O) groups is 1. The van der Waals surface area contributed by atoms with E-state index >= 15 is 0 Å². The predicted molar refractivity (Wildman–Crippen MR) is 72.9 cm³/mol. The third-order valence-corrected chi connectivity index (χ3v) is 5.88. The summed E-state index contributed by atoms with van der Waals surface area (Å²) in [6.45, 7) is 0.721. The molecule has 0 aliphatic carbocycles. The summed E-state index contributed by atoms with van der Waals surface area (Å²) in [6, 6.07) is 2.86. The molecular weight excluding hydrogens is 310 g/mol. The van der Waals surface area contributed by atoms with Crippen molar-refractivity contribution in [2.75, 3.05) is 6.61 Å². The number of nitrogens with one attached hydrogen (secondary N) is 1. The van der Waals surface area contributed by atoms with Gasteiger partial charge in [-0.2, -0.15) is 0 Å². The molecule has 1 N–H and O–H groups in total. The first kappa shape index (κ1) is 14.8. The van der Waals surface area contributed by atoms with Crippen LogP contribution in [0.5, 0.6) is 0 Å². The van der Waals surface area contributed by atoms with E-state index in [2.05, 4.69) is 0 Å². The highest BCUT2D eigenvalue weighted by Gasteiger charge is 2.21. The maximum atomic E-state index is 11.8. The molecule has 2 heterocycles. The average Bonchev–Trinajstić information content (AvgIpc) is 2.96. The molecule has 1 aromatic rings. The second-order valence-corrected chi connectivity index (χ2v) is 7.89. The average molecular weight is 324 g/mol. The zero-order valence-electron chi connectivity index (χ0n) is 10.1. The zero-order valence-corrected chi connectivity index (χ0v) is 12.5. The fourth-order valence-electron chi connectivity index (χ4n) is 1.86. The van der Waals surface area contributed by atoms with Crippen molar-refractivity contribution in [3.05, 3.63) is 16.5 Å². The van der Waals surface area contributed by atoms with Crippen molar-refractivity contribution in [1.29, 1.82) is 0 Å². The van der Waals surface area contributed by atoms with Gasteiger partial charge in [0.2, 0.25) is 5.91 Å². The van der Waals surface area contributed by atoms with E-state index in [0.717, 1.165) is 30.8 Å². The molecule has 1 amide bonds. The van der Waals surface area contributed by atoms with E-state index in [1.165, 1.54) is 12.1 Å². The van der Waals surface area contributed by atoms with Crippen molar-refractivity contribution in [3.8, 4) is 0 Å². The summed E-state index contributed by atoms with van der Waals surface area (Å²) in [7, 11) is -3.79. The Labute approximate surface area is 121 Å². The van der Waals surface area contributed by atoms with Crippen LogP contribution in [0.15, 0.2) is 16.3 Å². The number of thiophene rings is 1. The maximum absolute atomic E-state index is 11.8. The molecule has 0 bridgehead atoms. The lowest BCUT2D eigenvalue weighted by atomic mass is 10.1. The number of carbonyl (C=O) groups excluding carboxylic acids is 1. The van der Waals surface area contributed by atoms with Crippen LogP contribution in [-0.2, 0) is 19.6 Å². The van der Waals surface area contributed by atoms with Crippen LogP contribution < -0.4 is 4.72 Å². The standard InChI is InChI=1S/C11H14ClNO4S2/c12-9-4-6-11(18-9)19(15,16)13-10(14)5-3-8-2-1-7-17-8/h4,6,8H,1-3,5,7H2,(H,13,14)/t8-/m1/s1. The Balaban J connectivity index is 1.87. The minimum atomic E-state index is -3.79. The van der Waals surface area contributed by atoms with E-state index in [1.54, 1.807) is 0 Å². The molecule has 106 valence electrons. The Morgan fingerprint density at radius 3 is 2.89 bits per heavy atom. The fraction of sp³-hybridized carbons (Fsp3) is 0.545. The van der Waals surface area contributed by atoms with Gasteiger partial charge in [-0.05, 0) is 31.4 Å². The summed E-state index contributed by atoms with van der Waals surface area (Å²) < 4.78 is 31.5. The monoisotopic (exact) mass is 323 g/mol. The molecule has 1 fully saturated rings. The van der Waals surface area contributed by atoms with E-state index < -0.39 is 15.9 Å². The molecule has 1 atom stereocenters. The molecule has 1 saturated heterocycles. The Bertz CT molecular complexity index is 549. The SMILES string of the molecule is O=C(CC[C@H]1CCCO1)NS(=O)(=O)c1ccc(Cl)s1. The molecule has 0 saturated carbocycles. The highest BCUT2D eigenvalue weighted by atomic mass is 35.5. The van der Waals surface area contributed by atoms with Crippen LogP contribution in [-0.4, -0.2) is 27.0 Å². The summed E-state index contributed by atoms with van der Waals surface area (Å²) in [6.07, 6.45) is 2.69. The summed E-state index contributed by atoms with van der Waals surface area (Å²) in [5.74, 6) is -0.514. The number of sulfonamides is 1. The van der Waals surface area contributed by atoms with Crippen LogP contribution in [0.4, 0.5) is 0 Å². The van der Waals surface area contributed by atoms with Crippen LogP contribution in [0, 0.1) is 0 Å². The molecule has 1 aliphatic rings. The molecule has 0 aromatic carbocycles. The molecule has 19 heavy (non-hydrogen) atoms. The minimum absolute atomic E-state index is 0.0444. The second-order valence-electron chi connectivity index (χ2n) is 4.26. The fourth-order valence-corrected chi connectivity index (χ4v) is 4.35. The van der Waals surface area contributed by atoms with E-state index in [0.29, 0.717) is 10.8 Å². The Hall–Kier alpha value is -0.630. The van der Waals surface area contributed by atoms with E-state index in [9.17, 15) is 13.2 Å². The van der Waals surface area contributed by atoms with E-state index in [-0.39, 0.29) is 16.7 Å². The first-order valence-electron chi connectivity index (χ1n) is 5.90. The molecule has 0 unspecified atom stereocenters. The lowest BCUT2D eigenvalue weighted by molar-refractivity contribution is -0.119. The predicted octanol–water partition coefficient (Wildman–Crippen LogP) is 2.17. The Morgan fingerprint density at radius 2 is 2.32 bits per heavy atom.